The van der Waals surface area contributed by atoms with E-state index in [2.05, 4.69) is 40.5 Å². The molecule has 1 N–H and O–H groups in total. The van der Waals surface area contributed by atoms with Crippen molar-refractivity contribution in [3.8, 4) is 0 Å². The van der Waals surface area contributed by atoms with Gasteiger partial charge in [0.15, 0.2) is 0 Å². The van der Waals surface area contributed by atoms with Crippen molar-refractivity contribution < 1.29 is 5.11 Å². The minimum atomic E-state index is -0.433. The summed E-state index contributed by atoms with van der Waals surface area (Å²) >= 11 is 0. The van der Waals surface area contributed by atoms with E-state index in [0.29, 0.717) is 13.0 Å². The maximum absolute atomic E-state index is 10.1. The van der Waals surface area contributed by atoms with Crippen molar-refractivity contribution in [1.29, 1.82) is 0 Å². The first-order valence-corrected chi connectivity index (χ1v) is 6.29. The molecule has 4 nitrogen and oxygen atoms in total. The molecule has 0 saturated heterocycles. The average Bonchev–Trinajstić information content (AvgIpc) is 2.91. The highest BCUT2D eigenvalue weighted by atomic mass is 16.3. The van der Waals surface area contributed by atoms with Gasteiger partial charge < -0.3 is 9.67 Å². The number of rotatable bonds is 4. The molecule has 0 spiro atoms. The maximum atomic E-state index is 10.1. The number of hydrogen-bond acceptors (Lipinski definition) is 3. The van der Waals surface area contributed by atoms with Gasteiger partial charge in [-0.05, 0) is 16.3 Å². The molecule has 96 valence electrons. The van der Waals surface area contributed by atoms with Crippen LogP contribution < -0.4 is 0 Å². The van der Waals surface area contributed by atoms with Crippen LogP contribution in [0.3, 0.4) is 0 Å². The topological polar surface area (TPSA) is 50.9 Å². The van der Waals surface area contributed by atoms with E-state index in [9.17, 15) is 5.11 Å². The fraction of sp³-hybridized carbons (Fsp3) is 0.200. The summed E-state index contributed by atoms with van der Waals surface area (Å²) in [4.78, 5) is 0. The van der Waals surface area contributed by atoms with Gasteiger partial charge in [0.05, 0.1) is 12.6 Å². The number of benzene rings is 2. The van der Waals surface area contributed by atoms with Crippen LogP contribution in [0, 0.1) is 0 Å². The van der Waals surface area contributed by atoms with Crippen molar-refractivity contribution in [2.45, 2.75) is 19.1 Å². The molecule has 0 aliphatic rings. The molecule has 3 aromatic rings. The van der Waals surface area contributed by atoms with Crippen molar-refractivity contribution >= 4 is 10.8 Å². The summed E-state index contributed by atoms with van der Waals surface area (Å²) in [5.41, 5.74) is 1.14. The predicted octanol–water partition coefficient (Wildman–Crippen LogP) is 2.03. The molecule has 1 heterocycles. The number of hydrogen-bond donors (Lipinski definition) is 1. The van der Waals surface area contributed by atoms with Gasteiger partial charge in [-0.2, -0.15) is 0 Å². The molecule has 2 aromatic carbocycles. The summed E-state index contributed by atoms with van der Waals surface area (Å²) in [7, 11) is 0. The lowest BCUT2D eigenvalue weighted by Crippen LogP contribution is -2.17. The highest BCUT2D eigenvalue weighted by Gasteiger charge is 2.07. The van der Waals surface area contributed by atoms with Crippen LogP contribution in [0.5, 0.6) is 0 Å². The first-order chi connectivity index (χ1) is 9.31. The van der Waals surface area contributed by atoms with E-state index in [1.165, 1.54) is 10.8 Å². The SMILES string of the molecule is OC(Cc1ccc2ccccc2c1)Cn1cnnc1. The summed E-state index contributed by atoms with van der Waals surface area (Å²) in [6.45, 7) is 0.514. The summed E-state index contributed by atoms with van der Waals surface area (Å²) in [5, 5.41) is 19.9. The van der Waals surface area contributed by atoms with Gasteiger partial charge in [0.1, 0.15) is 12.7 Å². The second kappa shape index (κ2) is 5.20. The number of nitrogens with zero attached hydrogens (tertiary/aromatic N) is 3. The fourth-order valence-corrected chi connectivity index (χ4v) is 2.26. The van der Waals surface area contributed by atoms with E-state index < -0.39 is 6.10 Å². The predicted molar refractivity (Wildman–Crippen MR) is 73.7 cm³/mol. The van der Waals surface area contributed by atoms with Crippen molar-refractivity contribution in [1.82, 2.24) is 14.8 Å². The van der Waals surface area contributed by atoms with Gasteiger partial charge >= 0.3 is 0 Å². The molecule has 1 unspecified atom stereocenters. The minimum absolute atomic E-state index is 0.433. The van der Waals surface area contributed by atoms with E-state index in [4.69, 9.17) is 0 Å². The van der Waals surface area contributed by atoms with E-state index in [-0.39, 0.29) is 0 Å². The molecule has 1 aromatic heterocycles. The zero-order valence-corrected chi connectivity index (χ0v) is 10.5. The van der Waals surface area contributed by atoms with Crippen LogP contribution in [0.15, 0.2) is 55.1 Å². The molecule has 0 bridgehead atoms. The third kappa shape index (κ3) is 2.80. The number of fused-ring (bicyclic) bond motifs is 1. The lowest BCUT2D eigenvalue weighted by atomic mass is 10.0. The molecule has 0 fully saturated rings. The Balaban J connectivity index is 1.73. The number of aromatic nitrogens is 3. The van der Waals surface area contributed by atoms with Crippen molar-refractivity contribution in [3.63, 3.8) is 0 Å². The Labute approximate surface area is 111 Å². The standard InChI is InChI=1S/C15H15N3O/c19-15(9-18-10-16-17-11-18)8-12-5-6-13-3-1-2-4-14(13)7-12/h1-7,10-11,15,19H,8-9H2. The highest BCUT2D eigenvalue weighted by Crippen LogP contribution is 2.16. The average molecular weight is 253 g/mol. The Morgan fingerprint density at radius 3 is 2.53 bits per heavy atom. The molecular weight excluding hydrogens is 238 g/mol. The second-order valence-electron chi connectivity index (χ2n) is 4.70. The Bertz CT molecular complexity index is 664. The lowest BCUT2D eigenvalue weighted by Gasteiger charge is -2.11. The van der Waals surface area contributed by atoms with Gasteiger partial charge in [-0.25, -0.2) is 0 Å². The molecule has 0 aliphatic carbocycles. The van der Waals surface area contributed by atoms with E-state index in [1.54, 1.807) is 17.2 Å². The third-order valence-corrected chi connectivity index (χ3v) is 3.17. The molecule has 1 atom stereocenters. The Morgan fingerprint density at radius 1 is 1.00 bits per heavy atom. The summed E-state index contributed by atoms with van der Waals surface area (Å²) in [5.74, 6) is 0. The van der Waals surface area contributed by atoms with Gasteiger partial charge in [0.25, 0.3) is 0 Å². The van der Waals surface area contributed by atoms with Crippen molar-refractivity contribution in [2.75, 3.05) is 0 Å². The first kappa shape index (κ1) is 11.9. The minimum Gasteiger partial charge on any atom is -0.391 e. The van der Waals surface area contributed by atoms with Crippen LogP contribution in [0.25, 0.3) is 10.8 Å². The monoisotopic (exact) mass is 253 g/mol. The zero-order valence-electron chi connectivity index (χ0n) is 10.5. The first-order valence-electron chi connectivity index (χ1n) is 6.29. The lowest BCUT2D eigenvalue weighted by molar-refractivity contribution is 0.154. The van der Waals surface area contributed by atoms with Crippen LogP contribution in [0.4, 0.5) is 0 Å². The largest absolute Gasteiger partial charge is 0.391 e. The van der Waals surface area contributed by atoms with Crippen molar-refractivity contribution in [2.24, 2.45) is 0 Å². The van der Waals surface area contributed by atoms with Crippen LogP contribution in [-0.2, 0) is 13.0 Å². The van der Waals surface area contributed by atoms with Crippen LogP contribution in [0.1, 0.15) is 5.56 Å². The van der Waals surface area contributed by atoms with Crippen LogP contribution in [0.2, 0.25) is 0 Å². The van der Waals surface area contributed by atoms with Gasteiger partial charge in [-0.1, -0.05) is 42.5 Å². The zero-order chi connectivity index (χ0) is 13.1. The molecular formula is C15H15N3O. The van der Waals surface area contributed by atoms with E-state index >= 15 is 0 Å². The Morgan fingerprint density at radius 2 is 1.74 bits per heavy atom. The summed E-state index contributed by atoms with van der Waals surface area (Å²) < 4.78 is 1.78. The normalized spacial score (nSPS) is 12.7. The van der Waals surface area contributed by atoms with Gasteiger partial charge in [-0.15, -0.1) is 10.2 Å². The molecule has 3 rings (SSSR count). The molecule has 0 saturated carbocycles. The second-order valence-corrected chi connectivity index (χ2v) is 4.70. The quantitative estimate of drug-likeness (QED) is 0.774. The molecule has 0 amide bonds. The fourth-order valence-electron chi connectivity index (χ4n) is 2.26. The maximum Gasteiger partial charge on any atom is 0.119 e. The summed E-state index contributed by atoms with van der Waals surface area (Å²) in [6.07, 6.45) is 3.42. The molecule has 0 radical (unpaired) electrons. The Kier molecular flexibility index (Phi) is 3.25. The van der Waals surface area contributed by atoms with Crippen molar-refractivity contribution in [3.05, 3.63) is 60.7 Å². The molecule has 4 heteroatoms. The number of aliphatic hydroxyl groups excluding tert-OH is 1. The van der Waals surface area contributed by atoms with Crippen LogP contribution >= 0.6 is 0 Å². The van der Waals surface area contributed by atoms with E-state index in [1.807, 2.05) is 12.1 Å². The number of aliphatic hydroxyl groups is 1. The third-order valence-electron chi connectivity index (χ3n) is 3.17. The van der Waals surface area contributed by atoms with Crippen LogP contribution in [-0.4, -0.2) is 26.0 Å². The summed E-state index contributed by atoms with van der Waals surface area (Å²) in [6, 6.07) is 14.5. The molecule has 19 heavy (non-hydrogen) atoms. The molecule has 0 aliphatic heterocycles. The smallest absolute Gasteiger partial charge is 0.119 e. The van der Waals surface area contributed by atoms with E-state index in [0.717, 1.165) is 5.56 Å². The highest BCUT2D eigenvalue weighted by molar-refractivity contribution is 5.82. The Hall–Kier alpha value is -2.20. The van der Waals surface area contributed by atoms with Gasteiger partial charge in [0.2, 0.25) is 0 Å². The van der Waals surface area contributed by atoms with Gasteiger partial charge in [0, 0.05) is 6.42 Å². The van der Waals surface area contributed by atoms with Gasteiger partial charge in [-0.3, -0.25) is 0 Å².